The number of aromatic nitrogens is 3. The van der Waals surface area contributed by atoms with Crippen LogP contribution in [0.5, 0.6) is 0 Å². The molecule has 2 aromatic heterocycles. The van der Waals surface area contributed by atoms with E-state index in [9.17, 15) is 5.11 Å². The van der Waals surface area contributed by atoms with E-state index >= 15 is 0 Å². The summed E-state index contributed by atoms with van der Waals surface area (Å²) in [6.07, 6.45) is 4.99. The van der Waals surface area contributed by atoms with E-state index in [0.29, 0.717) is 5.69 Å². The van der Waals surface area contributed by atoms with Gasteiger partial charge in [0.25, 0.3) is 0 Å². The van der Waals surface area contributed by atoms with Gasteiger partial charge >= 0.3 is 0 Å². The van der Waals surface area contributed by atoms with E-state index < -0.39 is 6.10 Å². The first-order chi connectivity index (χ1) is 10.8. The van der Waals surface area contributed by atoms with Crippen LogP contribution in [0.25, 0.3) is 0 Å². The van der Waals surface area contributed by atoms with Crippen molar-refractivity contribution in [2.45, 2.75) is 32.0 Å². The molecule has 3 rings (SSSR count). The summed E-state index contributed by atoms with van der Waals surface area (Å²) in [5.41, 5.74) is 2.95. The molecule has 2 aromatic rings. The predicted octanol–water partition coefficient (Wildman–Crippen LogP) is 0.752. The van der Waals surface area contributed by atoms with Crippen molar-refractivity contribution in [2.75, 3.05) is 19.7 Å². The Morgan fingerprint density at radius 1 is 1.32 bits per heavy atom. The van der Waals surface area contributed by atoms with E-state index in [2.05, 4.69) is 21.0 Å². The lowest BCUT2D eigenvalue weighted by Crippen LogP contribution is -2.34. The van der Waals surface area contributed by atoms with Crippen molar-refractivity contribution in [2.24, 2.45) is 0 Å². The molecule has 0 unspecified atom stereocenters. The molecule has 6 nitrogen and oxygen atoms in total. The third-order valence-electron chi connectivity index (χ3n) is 4.07. The third-order valence-corrected chi connectivity index (χ3v) is 4.07. The van der Waals surface area contributed by atoms with Gasteiger partial charge in [0.15, 0.2) is 0 Å². The van der Waals surface area contributed by atoms with Gasteiger partial charge in [-0.15, -0.1) is 0 Å². The largest absolute Gasteiger partial charge is 0.393 e. The quantitative estimate of drug-likeness (QED) is 0.824. The summed E-state index contributed by atoms with van der Waals surface area (Å²) in [4.78, 5) is 6.54. The fraction of sp³-hybridized carbons (Fsp3) is 0.500. The maximum absolute atomic E-state index is 9.67. The van der Waals surface area contributed by atoms with Crippen molar-refractivity contribution in [1.82, 2.24) is 19.7 Å². The van der Waals surface area contributed by atoms with E-state index in [0.717, 1.165) is 44.7 Å². The number of hydrogen-bond donors (Lipinski definition) is 2. The Morgan fingerprint density at radius 2 is 2.23 bits per heavy atom. The lowest BCUT2D eigenvalue weighted by Gasteiger charge is -2.27. The minimum atomic E-state index is -0.878. The van der Waals surface area contributed by atoms with Crippen LogP contribution in [0.15, 0.2) is 30.6 Å². The zero-order valence-electron chi connectivity index (χ0n) is 12.6. The Morgan fingerprint density at radius 3 is 3.00 bits per heavy atom. The van der Waals surface area contributed by atoms with Crippen molar-refractivity contribution in [3.63, 3.8) is 0 Å². The molecular weight excluding hydrogens is 280 g/mol. The minimum Gasteiger partial charge on any atom is -0.393 e. The Hall–Kier alpha value is -1.76. The van der Waals surface area contributed by atoms with Gasteiger partial charge < -0.3 is 10.2 Å². The minimum absolute atomic E-state index is 0.286. The first-order valence-corrected chi connectivity index (χ1v) is 7.73. The number of aliphatic hydroxyl groups excluding tert-OH is 2. The molecule has 0 saturated heterocycles. The number of rotatable bonds is 6. The Bertz CT molecular complexity index is 599. The van der Waals surface area contributed by atoms with Gasteiger partial charge in [0, 0.05) is 25.5 Å². The maximum Gasteiger partial charge on any atom is 0.121 e. The first-order valence-electron chi connectivity index (χ1n) is 7.73. The summed E-state index contributed by atoms with van der Waals surface area (Å²) in [7, 11) is 0. The van der Waals surface area contributed by atoms with Crippen LogP contribution in [0.3, 0.4) is 0 Å². The first kappa shape index (κ1) is 15.1. The second-order valence-corrected chi connectivity index (χ2v) is 5.72. The van der Waals surface area contributed by atoms with E-state index in [1.807, 2.05) is 23.0 Å². The van der Waals surface area contributed by atoms with E-state index in [4.69, 9.17) is 5.11 Å². The molecule has 0 fully saturated rings. The highest BCUT2D eigenvalue weighted by Crippen LogP contribution is 2.18. The molecule has 2 N–H and O–H groups in total. The summed E-state index contributed by atoms with van der Waals surface area (Å²) < 4.78 is 1.94. The van der Waals surface area contributed by atoms with E-state index in [1.165, 1.54) is 5.56 Å². The second kappa shape index (κ2) is 7.00. The van der Waals surface area contributed by atoms with Crippen LogP contribution in [0.2, 0.25) is 0 Å². The molecule has 0 saturated carbocycles. The van der Waals surface area contributed by atoms with Crippen molar-refractivity contribution in [3.05, 3.63) is 47.5 Å². The number of fused-ring (bicyclic) bond motifs is 1. The second-order valence-electron chi connectivity index (χ2n) is 5.72. The molecule has 0 aliphatic carbocycles. The lowest BCUT2D eigenvalue weighted by atomic mass is 10.1. The van der Waals surface area contributed by atoms with Crippen LogP contribution < -0.4 is 0 Å². The summed E-state index contributed by atoms with van der Waals surface area (Å²) in [6, 6.07) is 5.98. The summed E-state index contributed by atoms with van der Waals surface area (Å²) in [5, 5.41) is 23.0. The zero-order chi connectivity index (χ0) is 15.4. The average molecular weight is 302 g/mol. The molecule has 22 heavy (non-hydrogen) atoms. The molecule has 0 spiro atoms. The molecule has 0 bridgehead atoms. The van der Waals surface area contributed by atoms with Gasteiger partial charge in [0.1, 0.15) is 6.10 Å². The van der Waals surface area contributed by atoms with Gasteiger partial charge in [-0.1, -0.05) is 6.07 Å². The van der Waals surface area contributed by atoms with Crippen molar-refractivity contribution in [3.8, 4) is 0 Å². The standard InChI is InChI=1S/C16H22N4O2/c21-12-16(22)15-9-14-11-19(7-8-20(14)18-15)6-2-4-13-3-1-5-17-10-13/h1,3,5,9-10,16,21-22H,2,4,6-8,11-12H2/t16-/m1/s1. The molecule has 3 heterocycles. The SMILES string of the molecule is OC[C@@H](O)c1cc2n(n1)CCN(CCCc1cccnc1)C2. The van der Waals surface area contributed by atoms with Crippen LogP contribution in [-0.4, -0.2) is 49.6 Å². The number of aliphatic hydroxyl groups is 2. The molecule has 0 aromatic carbocycles. The summed E-state index contributed by atoms with van der Waals surface area (Å²) >= 11 is 0. The number of hydrogen-bond acceptors (Lipinski definition) is 5. The molecule has 6 heteroatoms. The summed E-state index contributed by atoms with van der Waals surface area (Å²) in [5.74, 6) is 0. The smallest absolute Gasteiger partial charge is 0.121 e. The van der Waals surface area contributed by atoms with Crippen LogP contribution in [0.1, 0.15) is 29.5 Å². The van der Waals surface area contributed by atoms with Crippen LogP contribution in [0.4, 0.5) is 0 Å². The number of aryl methyl sites for hydroxylation is 1. The molecular formula is C16H22N4O2. The predicted molar refractivity (Wildman–Crippen MR) is 82.1 cm³/mol. The van der Waals surface area contributed by atoms with Gasteiger partial charge in [-0.3, -0.25) is 14.6 Å². The average Bonchev–Trinajstić information content (AvgIpc) is 2.98. The Labute approximate surface area is 130 Å². The van der Waals surface area contributed by atoms with Crippen molar-refractivity contribution >= 4 is 0 Å². The van der Waals surface area contributed by atoms with Crippen molar-refractivity contribution in [1.29, 1.82) is 0 Å². The van der Waals surface area contributed by atoms with Gasteiger partial charge in [-0.25, -0.2) is 0 Å². The molecule has 0 amide bonds. The number of nitrogens with zero attached hydrogens (tertiary/aromatic N) is 4. The Balaban J connectivity index is 1.52. The van der Waals surface area contributed by atoms with Crippen LogP contribution in [0, 0.1) is 0 Å². The Kier molecular flexibility index (Phi) is 4.82. The third kappa shape index (κ3) is 3.52. The molecule has 1 aliphatic heterocycles. The fourth-order valence-electron chi connectivity index (χ4n) is 2.84. The number of pyridine rings is 1. The highest BCUT2D eigenvalue weighted by atomic mass is 16.3. The monoisotopic (exact) mass is 302 g/mol. The van der Waals surface area contributed by atoms with Gasteiger partial charge in [0.2, 0.25) is 0 Å². The maximum atomic E-state index is 9.67. The molecule has 1 atom stereocenters. The molecule has 1 aliphatic rings. The van der Waals surface area contributed by atoms with Gasteiger partial charge in [-0.05, 0) is 37.1 Å². The van der Waals surface area contributed by atoms with E-state index in [1.54, 1.807) is 6.20 Å². The normalized spacial score (nSPS) is 16.5. The molecule has 118 valence electrons. The zero-order valence-corrected chi connectivity index (χ0v) is 12.6. The van der Waals surface area contributed by atoms with Gasteiger partial charge in [-0.2, -0.15) is 5.10 Å². The van der Waals surface area contributed by atoms with Crippen LogP contribution in [-0.2, 0) is 19.5 Å². The van der Waals surface area contributed by atoms with Crippen molar-refractivity contribution < 1.29 is 10.2 Å². The lowest BCUT2D eigenvalue weighted by molar-refractivity contribution is 0.0915. The highest BCUT2D eigenvalue weighted by molar-refractivity contribution is 5.14. The van der Waals surface area contributed by atoms with E-state index in [-0.39, 0.29) is 6.61 Å². The van der Waals surface area contributed by atoms with Gasteiger partial charge in [0.05, 0.1) is 24.5 Å². The fourth-order valence-corrected chi connectivity index (χ4v) is 2.84. The summed E-state index contributed by atoms with van der Waals surface area (Å²) in [6.45, 7) is 3.40. The van der Waals surface area contributed by atoms with Crippen LogP contribution >= 0.6 is 0 Å². The topological polar surface area (TPSA) is 74.4 Å². The highest BCUT2D eigenvalue weighted by Gasteiger charge is 2.20. The molecule has 0 radical (unpaired) electrons.